The van der Waals surface area contributed by atoms with Gasteiger partial charge in [0.05, 0.1) is 5.39 Å². The summed E-state index contributed by atoms with van der Waals surface area (Å²) in [4.78, 5) is 22.2. The minimum Gasteiger partial charge on any atom is -0.616 e. The number of thiophene rings is 1. The molecule has 0 fully saturated rings. The summed E-state index contributed by atoms with van der Waals surface area (Å²) >= 11 is 0.0627. The van der Waals surface area contributed by atoms with Crippen LogP contribution in [0, 0.1) is 5.82 Å². The topological polar surface area (TPSA) is 98.2 Å². The predicted octanol–water partition coefficient (Wildman–Crippen LogP) is 3.65. The molecule has 1 aliphatic rings. The minimum absolute atomic E-state index is 0.00393. The maximum atomic E-state index is 13.2. The number of aliphatic carboxylic acids is 1. The molecule has 1 aliphatic carbocycles. The van der Waals surface area contributed by atoms with Crippen LogP contribution in [0.25, 0.3) is 10.2 Å². The lowest BCUT2D eigenvalue weighted by Crippen LogP contribution is -2.18. The van der Waals surface area contributed by atoms with Gasteiger partial charge in [-0.15, -0.1) is 11.3 Å². The Morgan fingerprint density at radius 1 is 1.24 bits per heavy atom. The monoisotopic (exact) mass is 433 g/mol. The molecule has 0 bridgehead atoms. The number of anilines is 1. The Morgan fingerprint density at radius 2 is 2.00 bits per heavy atom. The highest BCUT2D eigenvalue weighted by molar-refractivity contribution is 7.91. The fourth-order valence-corrected chi connectivity index (χ4v) is 5.59. The maximum absolute atomic E-state index is 13.2. The van der Waals surface area contributed by atoms with Crippen LogP contribution in [-0.4, -0.2) is 31.3 Å². The van der Waals surface area contributed by atoms with E-state index in [1.165, 1.54) is 22.6 Å². The summed E-state index contributed by atoms with van der Waals surface area (Å²) in [5.41, 5.74) is 2.19. The molecule has 0 spiro atoms. The second-order valence-electron chi connectivity index (χ2n) is 6.98. The number of carboxylic acids is 1. The number of carboxylic acid groups (broad SMARTS) is 1. The average Bonchev–Trinajstić information content (AvgIpc) is 3.05. The van der Waals surface area contributed by atoms with Gasteiger partial charge in [0.1, 0.15) is 16.5 Å². The van der Waals surface area contributed by atoms with Crippen LogP contribution in [0.4, 0.5) is 10.2 Å². The van der Waals surface area contributed by atoms with Crippen molar-refractivity contribution in [1.82, 2.24) is 9.97 Å². The van der Waals surface area contributed by atoms with Crippen molar-refractivity contribution in [1.29, 1.82) is 0 Å². The van der Waals surface area contributed by atoms with Crippen molar-refractivity contribution in [2.75, 3.05) is 11.1 Å². The van der Waals surface area contributed by atoms with Gasteiger partial charge in [-0.1, -0.05) is 12.1 Å². The fraction of sp³-hybridized carbons (Fsp3) is 0.350. The summed E-state index contributed by atoms with van der Waals surface area (Å²) in [7, 11) is 0. The molecule has 0 amide bonds. The molecule has 9 heteroatoms. The Hall–Kier alpha value is -2.23. The number of nitrogens with one attached hydrogen (secondary N) is 1. The van der Waals surface area contributed by atoms with Gasteiger partial charge in [-0.3, -0.25) is 0 Å². The lowest BCUT2D eigenvalue weighted by molar-refractivity contribution is -0.134. The van der Waals surface area contributed by atoms with Crippen LogP contribution < -0.4 is 5.32 Å². The number of benzene rings is 1. The van der Waals surface area contributed by atoms with Crippen LogP contribution in [-0.2, 0) is 41.1 Å². The van der Waals surface area contributed by atoms with Gasteiger partial charge >= 0.3 is 5.97 Å². The summed E-state index contributed by atoms with van der Waals surface area (Å²) in [6.07, 6.45) is 4.28. The number of halogens is 1. The molecule has 2 N–H and O–H groups in total. The van der Waals surface area contributed by atoms with Crippen LogP contribution in [0.15, 0.2) is 24.3 Å². The van der Waals surface area contributed by atoms with Gasteiger partial charge in [-0.2, -0.15) is 0 Å². The predicted molar refractivity (Wildman–Crippen MR) is 112 cm³/mol. The van der Waals surface area contributed by atoms with Gasteiger partial charge in [0.2, 0.25) is 5.75 Å². The largest absolute Gasteiger partial charge is 0.616 e. The molecule has 4 rings (SSSR count). The second kappa shape index (κ2) is 8.64. The molecule has 2 heterocycles. The third kappa shape index (κ3) is 4.68. The number of nitrogens with zero attached hydrogens (tertiary/aromatic N) is 2. The zero-order chi connectivity index (χ0) is 20.4. The maximum Gasteiger partial charge on any atom is 0.353 e. The first-order valence-electron chi connectivity index (χ1n) is 9.36. The van der Waals surface area contributed by atoms with Crippen molar-refractivity contribution < 1.29 is 18.8 Å². The van der Waals surface area contributed by atoms with Gasteiger partial charge < -0.3 is 15.0 Å². The molecule has 1 aromatic carbocycles. The SMILES string of the molecule is O=C(O)C[S+]([O-])Cc1nc(NCc2ccc(F)cc2)c2c3c(sc2n1)CCCC3. The second-order valence-corrected chi connectivity index (χ2v) is 9.52. The highest BCUT2D eigenvalue weighted by Crippen LogP contribution is 2.38. The standard InChI is InChI=1S/C20H20FN3O3S2/c21-13-7-5-12(6-8-13)9-22-19-18-14-3-1-2-4-15(14)28-20(18)24-16(23-19)10-29(27)11-17(25)26/h5-8H,1-4,9-11H2,(H,25,26)(H,22,23,24). The Labute approximate surface area is 174 Å². The van der Waals surface area contributed by atoms with Crippen LogP contribution in [0.3, 0.4) is 0 Å². The Morgan fingerprint density at radius 3 is 2.76 bits per heavy atom. The van der Waals surface area contributed by atoms with Gasteiger partial charge in [-0.05, 0) is 60.1 Å². The number of hydrogen-bond donors (Lipinski definition) is 2. The molecule has 2 aromatic heterocycles. The fourth-order valence-electron chi connectivity index (χ4n) is 3.51. The van der Waals surface area contributed by atoms with Crippen LogP contribution in [0.1, 0.15) is 34.7 Å². The molecule has 1 unspecified atom stereocenters. The molecular weight excluding hydrogens is 413 g/mol. The summed E-state index contributed by atoms with van der Waals surface area (Å²) in [5.74, 6) is -0.784. The first kappa shape index (κ1) is 20.1. The molecule has 0 saturated heterocycles. The zero-order valence-electron chi connectivity index (χ0n) is 15.6. The van der Waals surface area contributed by atoms with E-state index in [-0.39, 0.29) is 11.6 Å². The van der Waals surface area contributed by atoms with Crippen molar-refractivity contribution in [2.45, 2.75) is 38.0 Å². The number of rotatable bonds is 7. The van der Waals surface area contributed by atoms with Gasteiger partial charge in [0, 0.05) is 11.4 Å². The molecule has 0 radical (unpaired) electrons. The van der Waals surface area contributed by atoms with Crippen LogP contribution >= 0.6 is 11.3 Å². The molecule has 152 valence electrons. The zero-order valence-corrected chi connectivity index (χ0v) is 17.2. The molecule has 29 heavy (non-hydrogen) atoms. The quantitative estimate of drug-likeness (QED) is 0.552. The Bertz CT molecular complexity index is 1040. The van der Waals surface area contributed by atoms with E-state index in [0.717, 1.165) is 41.5 Å². The normalized spacial score (nSPS) is 14.6. The van der Waals surface area contributed by atoms with E-state index >= 15 is 0 Å². The Balaban J connectivity index is 1.67. The third-order valence-electron chi connectivity index (χ3n) is 4.81. The van der Waals surface area contributed by atoms with E-state index in [9.17, 15) is 13.7 Å². The first-order chi connectivity index (χ1) is 14.0. The van der Waals surface area contributed by atoms with Crippen molar-refractivity contribution in [3.63, 3.8) is 0 Å². The highest BCUT2D eigenvalue weighted by Gasteiger charge is 2.23. The number of aromatic nitrogens is 2. The summed E-state index contributed by atoms with van der Waals surface area (Å²) in [6, 6.07) is 6.26. The number of fused-ring (bicyclic) bond motifs is 3. The number of aryl methyl sites for hydroxylation is 2. The van der Waals surface area contributed by atoms with E-state index < -0.39 is 22.9 Å². The average molecular weight is 434 g/mol. The van der Waals surface area contributed by atoms with Crippen LogP contribution in [0.2, 0.25) is 0 Å². The van der Waals surface area contributed by atoms with Gasteiger partial charge in [0.25, 0.3) is 0 Å². The number of hydrogen-bond acceptors (Lipinski definition) is 6. The lowest BCUT2D eigenvalue weighted by atomic mass is 9.97. The van der Waals surface area contributed by atoms with E-state index in [0.29, 0.717) is 18.2 Å². The number of carbonyl (C=O) groups is 1. The van der Waals surface area contributed by atoms with Crippen molar-refractivity contribution in [2.24, 2.45) is 0 Å². The van der Waals surface area contributed by atoms with Crippen molar-refractivity contribution >= 4 is 44.5 Å². The van der Waals surface area contributed by atoms with E-state index in [2.05, 4.69) is 15.3 Å². The van der Waals surface area contributed by atoms with Crippen molar-refractivity contribution in [3.8, 4) is 0 Å². The highest BCUT2D eigenvalue weighted by atomic mass is 32.2. The van der Waals surface area contributed by atoms with Gasteiger partial charge in [0.15, 0.2) is 11.6 Å². The first-order valence-corrected chi connectivity index (χ1v) is 11.7. The molecule has 3 aromatic rings. The lowest BCUT2D eigenvalue weighted by Gasteiger charge is -2.14. The van der Waals surface area contributed by atoms with E-state index in [1.54, 1.807) is 23.5 Å². The van der Waals surface area contributed by atoms with E-state index in [1.807, 2.05) is 0 Å². The van der Waals surface area contributed by atoms with Gasteiger partial charge in [-0.25, -0.2) is 19.2 Å². The molecule has 1 atom stereocenters. The summed E-state index contributed by atoms with van der Waals surface area (Å²) in [5, 5.41) is 13.2. The van der Waals surface area contributed by atoms with Crippen molar-refractivity contribution in [3.05, 3.63) is 51.9 Å². The third-order valence-corrected chi connectivity index (χ3v) is 7.14. The molecule has 6 nitrogen and oxygen atoms in total. The Kier molecular flexibility index (Phi) is 5.98. The van der Waals surface area contributed by atoms with Crippen LogP contribution in [0.5, 0.6) is 0 Å². The molecular formula is C20H20FN3O3S2. The summed E-state index contributed by atoms with van der Waals surface area (Å²) < 4.78 is 25.2. The summed E-state index contributed by atoms with van der Waals surface area (Å²) in [6.45, 7) is 0.467. The molecule has 0 saturated carbocycles. The smallest absolute Gasteiger partial charge is 0.353 e. The van der Waals surface area contributed by atoms with E-state index in [4.69, 9.17) is 5.11 Å². The minimum atomic E-state index is -1.57. The molecule has 0 aliphatic heterocycles.